The zero-order valence-electron chi connectivity index (χ0n) is 17.6. The van der Waals surface area contributed by atoms with E-state index in [1.165, 1.54) is 11.3 Å². The van der Waals surface area contributed by atoms with E-state index in [1.807, 2.05) is 24.3 Å². The monoisotopic (exact) mass is 428 g/mol. The Labute approximate surface area is 180 Å². The van der Waals surface area contributed by atoms with Crippen molar-refractivity contribution in [3.8, 4) is 22.6 Å². The molecule has 160 valence electrons. The van der Waals surface area contributed by atoms with E-state index in [0.717, 1.165) is 40.8 Å². The summed E-state index contributed by atoms with van der Waals surface area (Å²) in [6.45, 7) is 9.52. The van der Waals surface area contributed by atoms with E-state index in [-0.39, 0.29) is 12.4 Å². The number of phenolic OH excluding ortho intramolecular Hbond substituents is 1. The number of nitrogens with two attached hydrogens (primary N) is 1. The molecule has 0 unspecified atom stereocenters. The van der Waals surface area contributed by atoms with Crippen molar-refractivity contribution < 1.29 is 19.4 Å². The van der Waals surface area contributed by atoms with Crippen LogP contribution in [0.15, 0.2) is 36.4 Å². The van der Waals surface area contributed by atoms with Crippen LogP contribution in [0.4, 0.5) is 5.00 Å². The summed E-state index contributed by atoms with van der Waals surface area (Å²) in [5, 5.41) is 10.8. The first-order valence-electron chi connectivity index (χ1n) is 10.2. The van der Waals surface area contributed by atoms with Crippen molar-refractivity contribution in [3.63, 3.8) is 0 Å². The van der Waals surface area contributed by atoms with Gasteiger partial charge >= 0.3 is 5.97 Å². The van der Waals surface area contributed by atoms with Crippen molar-refractivity contribution in [2.75, 3.05) is 38.6 Å². The van der Waals surface area contributed by atoms with Gasteiger partial charge in [0.25, 0.3) is 0 Å². The molecule has 0 aliphatic carbocycles. The fourth-order valence-electron chi connectivity index (χ4n) is 3.40. The highest BCUT2D eigenvalue weighted by Crippen LogP contribution is 2.45. The molecule has 0 saturated carbocycles. The maximum atomic E-state index is 12.5. The third-order valence-electron chi connectivity index (χ3n) is 5.05. The van der Waals surface area contributed by atoms with Gasteiger partial charge in [-0.25, -0.2) is 4.79 Å². The number of esters is 1. The number of ether oxygens (including phenoxy) is 2. The van der Waals surface area contributed by atoms with Crippen LogP contribution in [-0.4, -0.2) is 48.8 Å². The number of benzene rings is 2. The summed E-state index contributed by atoms with van der Waals surface area (Å²) in [4.78, 5) is 14.7. The highest BCUT2D eigenvalue weighted by molar-refractivity contribution is 7.23. The molecule has 1 heterocycles. The van der Waals surface area contributed by atoms with Gasteiger partial charge in [0.15, 0.2) is 0 Å². The first-order chi connectivity index (χ1) is 14.5. The van der Waals surface area contributed by atoms with Gasteiger partial charge in [-0.1, -0.05) is 32.0 Å². The van der Waals surface area contributed by atoms with Gasteiger partial charge < -0.3 is 25.2 Å². The number of hydrogen-bond donors (Lipinski definition) is 2. The lowest BCUT2D eigenvalue weighted by atomic mass is 10.0. The maximum absolute atomic E-state index is 12.5. The van der Waals surface area contributed by atoms with Gasteiger partial charge in [0, 0.05) is 17.5 Å². The number of anilines is 1. The SMILES string of the molecule is CCOC(=O)c1c(N)sc2c(OCCN(CC)CC)c(-c3ccc(O)cc3)ccc12. The molecule has 0 radical (unpaired) electrons. The van der Waals surface area contributed by atoms with Crippen LogP contribution in [0.25, 0.3) is 21.2 Å². The van der Waals surface area contributed by atoms with E-state index in [1.54, 1.807) is 19.1 Å². The number of phenols is 1. The zero-order chi connectivity index (χ0) is 21.7. The van der Waals surface area contributed by atoms with Crippen LogP contribution >= 0.6 is 11.3 Å². The number of hydrogen-bond acceptors (Lipinski definition) is 7. The first kappa shape index (κ1) is 21.9. The summed E-state index contributed by atoms with van der Waals surface area (Å²) in [5.41, 5.74) is 8.40. The Morgan fingerprint density at radius 2 is 1.80 bits per heavy atom. The van der Waals surface area contributed by atoms with Gasteiger partial charge in [-0.15, -0.1) is 11.3 Å². The fourth-order valence-corrected chi connectivity index (χ4v) is 4.45. The third-order valence-corrected chi connectivity index (χ3v) is 6.08. The number of carbonyl (C=O) groups is 1. The van der Waals surface area contributed by atoms with Gasteiger partial charge in [-0.05, 0) is 43.8 Å². The Morgan fingerprint density at radius 3 is 2.43 bits per heavy atom. The molecule has 3 rings (SSSR count). The quantitative estimate of drug-likeness (QED) is 0.478. The highest BCUT2D eigenvalue weighted by Gasteiger charge is 2.23. The Balaban J connectivity index is 2.08. The van der Waals surface area contributed by atoms with E-state index in [2.05, 4.69) is 18.7 Å². The van der Waals surface area contributed by atoms with Crippen molar-refractivity contribution in [1.82, 2.24) is 4.90 Å². The van der Waals surface area contributed by atoms with Crippen LogP contribution in [-0.2, 0) is 4.74 Å². The van der Waals surface area contributed by atoms with Crippen LogP contribution in [0.3, 0.4) is 0 Å². The summed E-state index contributed by atoms with van der Waals surface area (Å²) >= 11 is 1.33. The van der Waals surface area contributed by atoms with Crippen molar-refractivity contribution in [2.45, 2.75) is 20.8 Å². The molecule has 3 aromatic rings. The van der Waals surface area contributed by atoms with Crippen LogP contribution < -0.4 is 10.5 Å². The molecule has 30 heavy (non-hydrogen) atoms. The van der Waals surface area contributed by atoms with E-state index < -0.39 is 5.97 Å². The average molecular weight is 429 g/mol. The van der Waals surface area contributed by atoms with Gasteiger partial charge in [-0.3, -0.25) is 0 Å². The normalized spacial score (nSPS) is 11.2. The van der Waals surface area contributed by atoms with Crippen molar-refractivity contribution in [3.05, 3.63) is 42.0 Å². The first-order valence-corrected chi connectivity index (χ1v) is 11.0. The summed E-state index contributed by atoms with van der Waals surface area (Å²) in [5.74, 6) is 0.471. The Hall–Kier alpha value is -2.77. The molecule has 1 aromatic heterocycles. The van der Waals surface area contributed by atoms with E-state index in [4.69, 9.17) is 15.2 Å². The van der Waals surface area contributed by atoms with Gasteiger partial charge in [0.2, 0.25) is 0 Å². The van der Waals surface area contributed by atoms with Crippen LogP contribution in [0.2, 0.25) is 0 Å². The Kier molecular flexibility index (Phi) is 7.18. The van der Waals surface area contributed by atoms with Crippen molar-refractivity contribution in [1.29, 1.82) is 0 Å². The van der Waals surface area contributed by atoms with Gasteiger partial charge in [0.1, 0.15) is 28.7 Å². The number of carbonyl (C=O) groups excluding carboxylic acids is 1. The molecule has 6 nitrogen and oxygen atoms in total. The van der Waals surface area contributed by atoms with Crippen molar-refractivity contribution >= 4 is 32.4 Å². The number of nitrogens with zero attached hydrogens (tertiary/aromatic N) is 1. The maximum Gasteiger partial charge on any atom is 0.341 e. The second-order valence-electron chi connectivity index (χ2n) is 6.80. The average Bonchev–Trinajstić information content (AvgIpc) is 3.08. The summed E-state index contributed by atoms with van der Waals surface area (Å²) in [7, 11) is 0. The molecule has 0 spiro atoms. The second kappa shape index (κ2) is 9.82. The molecule has 0 amide bonds. The number of rotatable bonds is 9. The molecule has 2 aromatic carbocycles. The molecule has 0 aliphatic heterocycles. The standard InChI is InChI=1S/C23H28N2O4S/c1-4-25(5-2)13-14-29-20-17(15-7-9-16(26)10-8-15)11-12-18-19(23(27)28-6-3)22(24)30-21(18)20/h7-12,26H,4-6,13-14,24H2,1-3H3. The molecule has 0 bridgehead atoms. The molecule has 0 saturated heterocycles. The molecule has 7 heteroatoms. The topological polar surface area (TPSA) is 85.0 Å². The number of thiophene rings is 1. The molecular weight excluding hydrogens is 400 g/mol. The molecular formula is C23H28N2O4S. The van der Waals surface area contributed by atoms with E-state index in [0.29, 0.717) is 22.9 Å². The van der Waals surface area contributed by atoms with Crippen molar-refractivity contribution in [2.24, 2.45) is 0 Å². The lowest BCUT2D eigenvalue weighted by molar-refractivity contribution is 0.0530. The summed E-state index contributed by atoms with van der Waals surface area (Å²) < 4.78 is 12.3. The molecule has 3 N–H and O–H groups in total. The minimum absolute atomic E-state index is 0.203. The highest BCUT2D eigenvalue weighted by atomic mass is 32.1. The Morgan fingerprint density at radius 1 is 1.10 bits per heavy atom. The lowest BCUT2D eigenvalue weighted by Gasteiger charge is -2.19. The minimum atomic E-state index is -0.423. The molecule has 0 atom stereocenters. The summed E-state index contributed by atoms with van der Waals surface area (Å²) in [6, 6.07) is 10.8. The van der Waals surface area contributed by atoms with E-state index >= 15 is 0 Å². The fraction of sp³-hybridized carbons (Fsp3) is 0.348. The van der Waals surface area contributed by atoms with Gasteiger partial charge in [0.05, 0.1) is 11.3 Å². The van der Waals surface area contributed by atoms with Gasteiger partial charge in [-0.2, -0.15) is 0 Å². The smallest absolute Gasteiger partial charge is 0.341 e. The minimum Gasteiger partial charge on any atom is -0.508 e. The Bertz CT molecular complexity index is 1010. The van der Waals surface area contributed by atoms with Crippen LogP contribution in [0.5, 0.6) is 11.5 Å². The molecule has 0 aliphatic rings. The number of aromatic hydroxyl groups is 1. The second-order valence-corrected chi connectivity index (χ2v) is 7.86. The number of fused-ring (bicyclic) bond motifs is 1. The van der Waals surface area contributed by atoms with Crippen LogP contribution in [0.1, 0.15) is 31.1 Å². The summed E-state index contributed by atoms with van der Waals surface area (Å²) in [6.07, 6.45) is 0. The number of nitrogen functional groups attached to an aromatic ring is 1. The van der Waals surface area contributed by atoms with Crippen LogP contribution in [0, 0.1) is 0 Å². The predicted octanol–water partition coefficient (Wildman–Crippen LogP) is 4.75. The third kappa shape index (κ3) is 4.52. The number of likely N-dealkylation sites (N-methyl/N-ethyl adjacent to an activating group) is 1. The molecule has 0 fully saturated rings. The lowest BCUT2D eigenvalue weighted by Crippen LogP contribution is -2.28. The predicted molar refractivity (Wildman–Crippen MR) is 123 cm³/mol. The zero-order valence-corrected chi connectivity index (χ0v) is 18.4. The largest absolute Gasteiger partial charge is 0.508 e. The van der Waals surface area contributed by atoms with E-state index in [9.17, 15) is 9.90 Å².